The Morgan fingerprint density at radius 1 is 1.11 bits per heavy atom. The van der Waals surface area contributed by atoms with E-state index in [1.807, 2.05) is 6.92 Å². The number of hydrogen-bond donors (Lipinski definition) is 0. The zero-order valence-electron chi connectivity index (χ0n) is 24.0. The van der Waals surface area contributed by atoms with E-state index in [0.29, 0.717) is 35.7 Å². The van der Waals surface area contributed by atoms with E-state index in [4.69, 9.17) is 25.3 Å². The van der Waals surface area contributed by atoms with E-state index in [1.165, 1.54) is 23.8 Å². The number of allylic oxidation sites excluding steroid dienone is 1. The highest BCUT2D eigenvalue weighted by molar-refractivity contribution is 9.10. The zero-order chi connectivity index (χ0) is 31.8. The second-order valence-corrected chi connectivity index (χ2v) is 13.6. The Hall–Kier alpha value is -3.71. The van der Waals surface area contributed by atoms with Gasteiger partial charge in [0.05, 0.1) is 40.0 Å². The fourth-order valence-corrected chi connectivity index (χ4v) is 7.45. The van der Waals surface area contributed by atoms with Gasteiger partial charge in [-0.1, -0.05) is 52.8 Å². The molecular weight excluding hydrogens is 692 g/mol. The van der Waals surface area contributed by atoms with Crippen LogP contribution in [-0.2, 0) is 19.6 Å². The normalized spacial score (nSPS) is 15.0. The Bertz CT molecular complexity index is 2090. The molecule has 228 valence electrons. The van der Waals surface area contributed by atoms with Crippen molar-refractivity contribution in [2.45, 2.75) is 31.7 Å². The Balaban J connectivity index is 1.60. The topological polar surface area (TPSA) is 113 Å². The lowest BCUT2D eigenvalue weighted by molar-refractivity contribution is -0.139. The number of carbonyl (C=O) groups is 1. The molecule has 0 saturated heterocycles. The van der Waals surface area contributed by atoms with Gasteiger partial charge in [-0.3, -0.25) is 9.36 Å². The first-order chi connectivity index (χ1) is 20.9. The van der Waals surface area contributed by atoms with E-state index in [-0.39, 0.29) is 34.1 Å². The lowest BCUT2D eigenvalue weighted by Gasteiger charge is -2.24. The second-order valence-electron chi connectivity index (χ2n) is 9.74. The number of aryl methyl sites for hydroxylation is 1. The minimum absolute atomic E-state index is 0.00466. The number of esters is 1. The minimum atomic E-state index is -4.16. The summed E-state index contributed by atoms with van der Waals surface area (Å²) in [5.74, 6) is -0.467. The van der Waals surface area contributed by atoms with Crippen LogP contribution in [0, 0.1) is 6.92 Å². The number of nitrogens with zero attached hydrogens (tertiary/aromatic N) is 2. The number of carbonyl (C=O) groups excluding carboxylic acids is 1. The van der Waals surface area contributed by atoms with Gasteiger partial charge in [0, 0.05) is 5.02 Å². The van der Waals surface area contributed by atoms with Crippen molar-refractivity contribution in [3.05, 3.63) is 118 Å². The molecule has 0 spiro atoms. The molecule has 0 fully saturated rings. The minimum Gasteiger partial charge on any atom is -0.493 e. The van der Waals surface area contributed by atoms with Gasteiger partial charge in [0.25, 0.3) is 5.56 Å². The number of aromatic nitrogens is 1. The van der Waals surface area contributed by atoms with E-state index < -0.39 is 22.1 Å². The standard InChI is InChI=1S/C31H26BrClN2O7S2/c1-5-41-30(37)26-18(3)34-31-35(27(26)20-8-10-21(33)11-9-20)29(36)25(43-31)16-19-14-23(32)28(24(15-19)40-4)42-44(38,39)22-12-6-17(2)7-13-22/h6-16,27H,5H2,1-4H3/b25-16+/t27-/m0/s1. The molecule has 0 saturated carbocycles. The van der Waals surface area contributed by atoms with Gasteiger partial charge in [0.15, 0.2) is 16.3 Å². The summed E-state index contributed by atoms with van der Waals surface area (Å²) in [6.45, 7) is 5.43. The third-order valence-corrected chi connectivity index (χ3v) is 9.81. The molecule has 0 aliphatic carbocycles. The van der Waals surface area contributed by atoms with E-state index in [1.54, 1.807) is 68.5 Å². The Labute approximate surface area is 271 Å². The maximum absolute atomic E-state index is 13.9. The molecule has 1 aliphatic heterocycles. The van der Waals surface area contributed by atoms with Gasteiger partial charge in [-0.25, -0.2) is 9.79 Å². The molecule has 9 nitrogen and oxygen atoms in total. The molecule has 13 heteroatoms. The van der Waals surface area contributed by atoms with Crippen molar-refractivity contribution in [3.63, 3.8) is 0 Å². The van der Waals surface area contributed by atoms with E-state index >= 15 is 0 Å². The third-order valence-electron chi connectivity index (χ3n) is 6.76. The summed E-state index contributed by atoms with van der Waals surface area (Å²) in [5, 5.41) is 0.512. The number of methoxy groups -OCH3 is 1. The summed E-state index contributed by atoms with van der Waals surface area (Å²) in [7, 11) is -2.77. The van der Waals surface area contributed by atoms with Crippen LogP contribution in [0.5, 0.6) is 11.5 Å². The van der Waals surface area contributed by atoms with E-state index in [0.717, 1.165) is 16.9 Å². The molecule has 4 aromatic rings. The number of rotatable bonds is 8. The number of fused-ring (bicyclic) bond motifs is 1. The van der Waals surface area contributed by atoms with Gasteiger partial charge in [-0.15, -0.1) is 0 Å². The van der Waals surface area contributed by atoms with Crippen LogP contribution < -0.4 is 23.8 Å². The quantitative estimate of drug-likeness (QED) is 0.180. The van der Waals surface area contributed by atoms with Crippen LogP contribution in [0.3, 0.4) is 0 Å². The molecule has 2 heterocycles. The molecule has 0 amide bonds. The average molecular weight is 718 g/mol. The van der Waals surface area contributed by atoms with Gasteiger partial charge in [-0.2, -0.15) is 8.42 Å². The molecule has 1 aliphatic rings. The first-order valence-corrected chi connectivity index (χ1v) is 16.7. The van der Waals surface area contributed by atoms with Crippen molar-refractivity contribution >= 4 is 61.0 Å². The van der Waals surface area contributed by atoms with E-state index in [2.05, 4.69) is 20.9 Å². The molecule has 1 atom stereocenters. The number of benzene rings is 3. The molecule has 0 N–H and O–H groups in total. The van der Waals surface area contributed by atoms with Crippen LogP contribution in [0.1, 0.15) is 36.6 Å². The van der Waals surface area contributed by atoms with Crippen LogP contribution in [0.25, 0.3) is 6.08 Å². The highest BCUT2D eigenvalue weighted by Crippen LogP contribution is 2.39. The first-order valence-electron chi connectivity index (χ1n) is 13.3. The fraction of sp³-hybridized carbons (Fsp3) is 0.194. The van der Waals surface area contributed by atoms with Crippen molar-refractivity contribution in [1.82, 2.24) is 4.57 Å². The van der Waals surface area contributed by atoms with Crippen LogP contribution in [0.4, 0.5) is 0 Å². The first kappa shape index (κ1) is 31.7. The van der Waals surface area contributed by atoms with Crippen molar-refractivity contribution in [3.8, 4) is 11.5 Å². The zero-order valence-corrected chi connectivity index (χ0v) is 27.9. The average Bonchev–Trinajstić information content (AvgIpc) is 3.28. The smallest absolute Gasteiger partial charge is 0.339 e. The van der Waals surface area contributed by atoms with Crippen LogP contribution in [-0.4, -0.2) is 32.7 Å². The maximum Gasteiger partial charge on any atom is 0.339 e. The highest BCUT2D eigenvalue weighted by Gasteiger charge is 2.33. The Morgan fingerprint density at radius 2 is 1.80 bits per heavy atom. The lowest BCUT2D eigenvalue weighted by Crippen LogP contribution is -2.39. The third kappa shape index (κ3) is 6.25. The molecule has 1 aromatic heterocycles. The molecular formula is C31H26BrClN2O7S2. The number of halogens is 2. The van der Waals surface area contributed by atoms with Crippen molar-refractivity contribution in [1.29, 1.82) is 0 Å². The van der Waals surface area contributed by atoms with Crippen molar-refractivity contribution in [2.24, 2.45) is 4.99 Å². The maximum atomic E-state index is 13.9. The molecule has 0 unspecified atom stereocenters. The van der Waals surface area contributed by atoms with Gasteiger partial charge in [0.1, 0.15) is 4.90 Å². The van der Waals surface area contributed by atoms with Gasteiger partial charge >= 0.3 is 16.1 Å². The van der Waals surface area contributed by atoms with Gasteiger partial charge < -0.3 is 13.7 Å². The number of ether oxygens (including phenoxy) is 2. The molecule has 5 rings (SSSR count). The van der Waals surface area contributed by atoms with Crippen molar-refractivity contribution in [2.75, 3.05) is 13.7 Å². The summed E-state index contributed by atoms with van der Waals surface area (Å²) in [6.07, 6.45) is 1.64. The number of thiazole rings is 1. The monoisotopic (exact) mass is 716 g/mol. The largest absolute Gasteiger partial charge is 0.493 e. The summed E-state index contributed by atoms with van der Waals surface area (Å²) in [4.78, 5) is 32.0. The van der Waals surface area contributed by atoms with Gasteiger partial charge in [0.2, 0.25) is 0 Å². The summed E-state index contributed by atoms with van der Waals surface area (Å²) in [5.41, 5.74) is 2.43. The predicted octanol–water partition coefficient (Wildman–Crippen LogP) is 5.30. The summed E-state index contributed by atoms with van der Waals surface area (Å²) in [6, 6.07) is 15.6. The Morgan fingerprint density at radius 3 is 2.43 bits per heavy atom. The highest BCUT2D eigenvalue weighted by atomic mass is 79.9. The predicted molar refractivity (Wildman–Crippen MR) is 172 cm³/mol. The molecule has 0 bridgehead atoms. The van der Waals surface area contributed by atoms with Crippen LogP contribution >= 0.6 is 38.9 Å². The molecule has 44 heavy (non-hydrogen) atoms. The van der Waals surface area contributed by atoms with E-state index in [9.17, 15) is 18.0 Å². The second kappa shape index (κ2) is 12.7. The molecule has 3 aromatic carbocycles. The summed E-state index contributed by atoms with van der Waals surface area (Å²) >= 11 is 10.7. The number of hydrogen-bond acceptors (Lipinski definition) is 9. The van der Waals surface area contributed by atoms with Crippen LogP contribution in [0.15, 0.2) is 91.1 Å². The Kier molecular flexibility index (Phi) is 9.17. The lowest BCUT2D eigenvalue weighted by atomic mass is 9.96. The van der Waals surface area contributed by atoms with Gasteiger partial charge in [-0.05, 0) is 90.3 Å². The van der Waals surface area contributed by atoms with Crippen molar-refractivity contribution < 1.29 is 26.9 Å². The fourth-order valence-electron chi connectivity index (χ4n) is 4.67. The molecule has 0 radical (unpaired) electrons. The summed E-state index contributed by atoms with van der Waals surface area (Å²) < 4.78 is 44.3. The van der Waals surface area contributed by atoms with Crippen LogP contribution in [0.2, 0.25) is 5.02 Å². The SMILES string of the molecule is CCOC(=O)C1=C(C)N=c2s/c(=C/c3cc(Br)c(OS(=O)(=O)c4ccc(C)cc4)c(OC)c3)c(=O)n2[C@H]1c1ccc(Cl)cc1.